The van der Waals surface area contributed by atoms with Gasteiger partial charge in [-0.25, -0.2) is 0 Å². The van der Waals surface area contributed by atoms with Crippen LogP contribution >= 0.6 is 0 Å². The predicted molar refractivity (Wildman–Crippen MR) is 192 cm³/mol. The molecule has 6 atom stereocenters. The minimum absolute atomic E-state index is 0.0269. The number of aliphatic imine (C=N–C) groups is 1. The molecule has 238 valence electrons. The summed E-state index contributed by atoms with van der Waals surface area (Å²) in [7, 11) is 0. The Labute approximate surface area is 276 Å². The fourth-order valence-electron chi connectivity index (χ4n) is 9.10. The highest BCUT2D eigenvalue weighted by Gasteiger charge is 2.48. The van der Waals surface area contributed by atoms with Crippen LogP contribution in [0.1, 0.15) is 96.1 Å². The average Bonchev–Trinajstić information content (AvgIpc) is 3.66. The van der Waals surface area contributed by atoms with Crippen molar-refractivity contribution in [2.45, 2.75) is 103 Å². The van der Waals surface area contributed by atoms with Gasteiger partial charge in [0.1, 0.15) is 17.7 Å². The zero-order valence-corrected chi connectivity index (χ0v) is 28.2. The molecule has 0 fully saturated rings. The molecule has 1 aromatic rings. The van der Waals surface area contributed by atoms with E-state index in [0.29, 0.717) is 35.6 Å². The molecule has 0 saturated heterocycles. The van der Waals surface area contributed by atoms with Crippen LogP contribution in [0.3, 0.4) is 0 Å². The van der Waals surface area contributed by atoms with Crippen molar-refractivity contribution >= 4 is 11.4 Å². The van der Waals surface area contributed by atoms with E-state index in [9.17, 15) is 0 Å². The maximum atomic E-state index is 7.02. The first-order chi connectivity index (χ1) is 22.5. The molecule has 0 spiro atoms. The average molecular weight is 611 g/mol. The third-order valence-corrected chi connectivity index (χ3v) is 11.6. The predicted octanol–water partition coefficient (Wildman–Crippen LogP) is 10.4. The Morgan fingerprint density at radius 1 is 0.935 bits per heavy atom. The lowest BCUT2D eigenvalue weighted by molar-refractivity contribution is 0.233. The van der Waals surface area contributed by atoms with Gasteiger partial charge in [0.25, 0.3) is 0 Å². The van der Waals surface area contributed by atoms with Gasteiger partial charge in [-0.1, -0.05) is 112 Å². The summed E-state index contributed by atoms with van der Waals surface area (Å²) < 4.78 is 7.02. The number of rotatable bonds is 6. The van der Waals surface area contributed by atoms with Crippen LogP contribution in [0.5, 0.6) is 5.75 Å². The Kier molecular flexibility index (Phi) is 7.91. The monoisotopic (exact) mass is 610 g/mol. The Morgan fingerprint density at radius 2 is 1.85 bits per heavy atom. The topological polar surface area (TPSA) is 24.8 Å². The maximum Gasteiger partial charge on any atom is 0.135 e. The second-order valence-corrected chi connectivity index (χ2v) is 15.1. The molecule has 2 aliphatic heterocycles. The standard InChI is InChI=1S/C43H50N2O/c1-27(2)36-24-32(30-16-9-6-10-17-30)25-37(28(3)4)41(36)45-39-21-12-11-20-38(39)44-43(45)35-19-13-18-34-33-23-22-31(26-40(33)46-42(34)35)29-14-7-5-8-15-29/h5-7,9-10,12,14,16,19,21-24,26-28,30,34,37-39,42H,8,11,13,15,17-18,20,25H2,1-4H3. The van der Waals surface area contributed by atoms with E-state index in [1.54, 1.807) is 5.57 Å². The van der Waals surface area contributed by atoms with Crippen LogP contribution in [-0.4, -0.2) is 28.9 Å². The lowest BCUT2D eigenvalue weighted by Gasteiger charge is -2.43. The summed E-state index contributed by atoms with van der Waals surface area (Å²) in [5.41, 5.74) is 10.1. The van der Waals surface area contributed by atoms with E-state index in [1.807, 2.05) is 0 Å². The summed E-state index contributed by atoms with van der Waals surface area (Å²) in [6.45, 7) is 9.66. The van der Waals surface area contributed by atoms with Crippen LogP contribution in [0.25, 0.3) is 5.57 Å². The van der Waals surface area contributed by atoms with Crippen molar-refractivity contribution < 1.29 is 4.74 Å². The van der Waals surface area contributed by atoms with Crippen molar-refractivity contribution in [2.24, 2.45) is 28.7 Å². The first-order valence-corrected chi connectivity index (χ1v) is 18.2. The van der Waals surface area contributed by atoms with Gasteiger partial charge in [-0.2, -0.15) is 0 Å². The number of hydrogen-bond donors (Lipinski definition) is 0. The SMILES string of the molecule is CC(C)C1=C(N2C(C3=CCCC4c5ccc(C6=CC=CCC6)cc5OC34)=NC3CCC=CC32)C(C(C)C)CC(C2C=CC=CC2)=C1. The van der Waals surface area contributed by atoms with Crippen molar-refractivity contribution in [1.82, 2.24) is 4.90 Å². The Bertz CT molecular complexity index is 1670. The van der Waals surface area contributed by atoms with Gasteiger partial charge >= 0.3 is 0 Å². The Morgan fingerprint density at radius 3 is 2.63 bits per heavy atom. The summed E-state index contributed by atoms with van der Waals surface area (Å²) in [6, 6.07) is 7.61. The van der Waals surface area contributed by atoms with E-state index in [4.69, 9.17) is 9.73 Å². The van der Waals surface area contributed by atoms with Crippen molar-refractivity contribution in [2.75, 3.05) is 0 Å². The van der Waals surface area contributed by atoms with E-state index in [1.165, 1.54) is 39.4 Å². The number of benzene rings is 1. The molecule has 1 aromatic carbocycles. The van der Waals surface area contributed by atoms with Gasteiger partial charge in [-0.05, 0) is 86.0 Å². The summed E-state index contributed by atoms with van der Waals surface area (Å²) in [4.78, 5) is 8.38. The van der Waals surface area contributed by atoms with Crippen LogP contribution in [0.4, 0.5) is 0 Å². The number of allylic oxidation sites excluding steroid dienone is 14. The van der Waals surface area contributed by atoms with Crippen LogP contribution < -0.4 is 4.74 Å². The molecule has 0 saturated carbocycles. The summed E-state index contributed by atoms with van der Waals surface area (Å²) in [5.74, 6) is 4.60. The number of ether oxygens (including phenoxy) is 1. The Hall–Kier alpha value is -3.59. The minimum Gasteiger partial charge on any atom is -0.485 e. The molecule has 0 bridgehead atoms. The molecule has 0 aromatic heterocycles. The number of amidine groups is 1. The second kappa shape index (κ2) is 12.2. The van der Waals surface area contributed by atoms with Gasteiger partial charge in [0.2, 0.25) is 0 Å². The zero-order valence-electron chi connectivity index (χ0n) is 28.2. The first kappa shape index (κ1) is 29.8. The highest BCUT2D eigenvalue weighted by Crippen LogP contribution is 2.51. The highest BCUT2D eigenvalue weighted by molar-refractivity contribution is 6.03. The molecule has 0 radical (unpaired) electrons. The molecule has 3 heteroatoms. The fraction of sp³-hybridized carbons (Fsp3) is 0.465. The van der Waals surface area contributed by atoms with Crippen LogP contribution in [0, 0.1) is 23.7 Å². The number of fused-ring (bicyclic) bond motifs is 4. The third kappa shape index (κ3) is 5.15. The van der Waals surface area contributed by atoms with Gasteiger partial charge in [0, 0.05) is 34.6 Å². The van der Waals surface area contributed by atoms with Gasteiger partial charge < -0.3 is 9.64 Å². The third-order valence-electron chi connectivity index (χ3n) is 11.6. The van der Waals surface area contributed by atoms with E-state index >= 15 is 0 Å². The Balaban J connectivity index is 1.20. The number of hydrogen-bond acceptors (Lipinski definition) is 3. The van der Waals surface area contributed by atoms with Crippen LogP contribution in [0.15, 0.2) is 112 Å². The van der Waals surface area contributed by atoms with Crippen molar-refractivity contribution in [3.63, 3.8) is 0 Å². The molecule has 2 heterocycles. The molecule has 0 amide bonds. The lowest BCUT2D eigenvalue weighted by Crippen LogP contribution is -2.46. The van der Waals surface area contributed by atoms with Crippen LogP contribution in [-0.2, 0) is 0 Å². The van der Waals surface area contributed by atoms with Crippen molar-refractivity contribution in [3.05, 3.63) is 119 Å². The fourth-order valence-corrected chi connectivity index (χ4v) is 9.10. The molecule has 7 aliphatic rings. The molecule has 8 rings (SSSR count). The highest BCUT2D eigenvalue weighted by atomic mass is 16.5. The van der Waals surface area contributed by atoms with Crippen molar-refractivity contribution in [3.8, 4) is 5.75 Å². The second-order valence-electron chi connectivity index (χ2n) is 15.1. The van der Waals surface area contributed by atoms with Gasteiger partial charge in [0.05, 0.1) is 12.1 Å². The number of nitrogens with zero attached hydrogens (tertiary/aromatic N) is 2. The van der Waals surface area contributed by atoms with E-state index in [0.717, 1.165) is 57.1 Å². The molecular weight excluding hydrogens is 560 g/mol. The van der Waals surface area contributed by atoms with Gasteiger partial charge in [0.15, 0.2) is 0 Å². The largest absolute Gasteiger partial charge is 0.485 e. The minimum atomic E-state index is 0.0269. The van der Waals surface area contributed by atoms with E-state index < -0.39 is 0 Å². The first-order valence-electron chi connectivity index (χ1n) is 18.2. The summed E-state index contributed by atoms with van der Waals surface area (Å²) in [5, 5.41) is 0. The van der Waals surface area contributed by atoms with Crippen molar-refractivity contribution in [1.29, 1.82) is 0 Å². The molecule has 3 nitrogen and oxygen atoms in total. The summed E-state index contributed by atoms with van der Waals surface area (Å²) in [6.07, 6.45) is 34.8. The normalized spacial score (nSPS) is 31.4. The maximum absolute atomic E-state index is 7.02. The van der Waals surface area contributed by atoms with Gasteiger partial charge in [-0.15, -0.1) is 0 Å². The van der Waals surface area contributed by atoms with E-state index in [-0.39, 0.29) is 12.1 Å². The summed E-state index contributed by atoms with van der Waals surface area (Å²) >= 11 is 0. The molecule has 0 N–H and O–H groups in total. The molecule has 6 unspecified atom stereocenters. The molecular formula is C43H50N2O. The van der Waals surface area contributed by atoms with Gasteiger partial charge in [-0.3, -0.25) is 4.99 Å². The smallest absolute Gasteiger partial charge is 0.135 e. The molecule has 5 aliphatic carbocycles. The lowest BCUT2D eigenvalue weighted by atomic mass is 9.72. The van der Waals surface area contributed by atoms with Crippen LogP contribution in [0.2, 0.25) is 0 Å². The zero-order chi connectivity index (χ0) is 31.4. The quantitative estimate of drug-likeness (QED) is 0.299. The van der Waals surface area contributed by atoms with E-state index in [2.05, 4.69) is 118 Å². The molecule has 46 heavy (non-hydrogen) atoms.